The second kappa shape index (κ2) is 4.41. The van der Waals surface area contributed by atoms with Crippen LogP contribution in [0.25, 0.3) is 11.3 Å². The summed E-state index contributed by atoms with van der Waals surface area (Å²) < 4.78 is 4.04. The summed E-state index contributed by atoms with van der Waals surface area (Å²) in [6.45, 7) is 0. The topological polar surface area (TPSA) is 50.2 Å². The lowest BCUT2D eigenvalue weighted by Gasteiger charge is -2.01. The maximum Gasteiger partial charge on any atom is 0.338 e. The molecule has 0 bridgehead atoms. The molecule has 82 valence electrons. The zero-order valence-corrected chi connectivity index (χ0v) is 10.1. The smallest absolute Gasteiger partial charge is 0.338 e. The Labute approximate surface area is 105 Å². The molecule has 0 aliphatic carbocycles. The first-order valence-corrected chi connectivity index (χ1v) is 5.82. The molecular formula is C10H5Cl2NO2S. The highest BCUT2D eigenvalue weighted by atomic mass is 35.5. The van der Waals surface area contributed by atoms with Crippen LogP contribution in [-0.4, -0.2) is 15.4 Å². The largest absolute Gasteiger partial charge is 0.478 e. The van der Waals surface area contributed by atoms with Crippen molar-refractivity contribution in [3.05, 3.63) is 39.2 Å². The van der Waals surface area contributed by atoms with E-state index in [-0.39, 0.29) is 5.56 Å². The van der Waals surface area contributed by atoms with Crippen LogP contribution < -0.4 is 0 Å². The number of carbonyl (C=O) groups is 1. The van der Waals surface area contributed by atoms with Crippen LogP contribution in [0.4, 0.5) is 0 Å². The fraction of sp³-hybridized carbons (Fsp3) is 0. The van der Waals surface area contributed by atoms with Gasteiger partial charge in [-0.25, -0.2) is 4.79 Å². The maximum atomic E-state index is 10.9. The molecule has 3 nitrogen and oxygen atoms in total. The lowest BCUT2D eigenvalue weighted by atomic mass is 10.1. The Morgan fingerprint density at radius 2 is 2.06 bits per heavy atom. The van der Waals surface area contributed by atoms with Gasteiger partial charge in [-0.3, -0.25) is 0 Å². The number of rotatable bonds is 2. The van der Waals surface area contributed by atoms with Gasteiger partial charge in [0.2, 0.25) is 0 Å². The number of aromatic carboxylic acids is 1. The van der Waals surface area contributed by atoms with Gasteiger partial charge in [0, 0.05) is 10.9 Å². The minimum absolute atomic E-state index is 0.170. The molecule has 0 unspecified atom stereocenters. The molecule has 1 heterocycles. The zero-order chi connectivity index (χ0) is 11.7. The summed E-state index contributed by atoms with van der Waals surface area (Å²) in [6.07, 6.45) is 0. The summed E-state index contributed by atoms with van der Waals surface area (Å²) in [4.78, 5) is 10.9. The number of halogens is 2. The van der Waals surface area contributed by atoms with Gasteiger partial charge in [-0.15, -0.1) is 0 Å². The number of nitrogens with zero attached hydrogens (tertiary/aromatic N) is 1. The number of benzene rings is 1. The minimum Gasteiger partial charge on any atom is -0.478 e. The fourth-order valence-corrected chi connectivity index (χ4v) is 2.22. The van der Waals surface area contributed by atoms with Gasteiger partial charge in [0.1, 0.15) is 0 Å². The Bertz CT molecular complexity index is 554. The number of hydrogen-bond acceptors (Lipinski definition) is 3. The van der Waals surface area contributed by atoms with Gasteiger partial charge in [0.05, 0.1) is 21.3 Å². The Hall–Kier alpha value is -1.10. The average molecular weight is 274 g/mol. The van der Waals surface area contributed by atoms with E-state index in [1.165, 1.54) is 5.38 Å². The third kappa shape index (κ3) is 2.04. The van der Waals surface area contributed by atoms with E-state index >= 15 is 0 Å². The van der Waals surface area contributed by atoms with E-state index in [9.17, 15) is 4.79 Å². The SMILES string of the molecule is O=C(O)c1csnc1-c1ccc(Cl)c(Cl)c1. The summed E-state index contributed by atoms with van der Waals surface area (Å²) in [6, 6.07) is 4.91. The molecule has 0 spiro atoms. The van der Waals surface area contributed by atoms with Crippen molar-refractivity contribution < 1.29 is 9.90 Å². The van der Waals surface area contributed by atoms with Crippen molar-refractivity contribution in [2.45, 2.75) is 0 Å². The standard InChI is InChI=1S/C10H5Cl2NO2S/c11-7-2-1-5(3-8(7)12)9-6(10(14)15)4-16-13-9/h1-4H,(H,14,15). The molecular weight excluding hydrogens is 269 g/mol. The van der Waals surface area contributed by atoms with Gasteiger partial charge in [0.15, 0.2) is 0 Å². The van der Waals surface area contributed by atoms with Crippen LogP contribution >= 0.6 is 34.7 Å². The van der Waals surface area contributed by atoms with Gasteiger partial charge >= 0.3 is 5.97 Å². The van der Waals surface area contributed by atoms with Gasteiger partial charge in [-0.2, -0.15) is 4.37 Å². The molecule has 0 fully saturated rings. The summed E-state index contributed by atoms with van der Waals surface area (Å²) >= 11 is 12.7. The van der Waals surface area contributed by atoms with E-state index in [0.29, 0.717) is 21.3 Å². The van der Waals surface area contributed by atoms with Crippen LogP contribution in [0.3, 0.4) is 0 Å². The second-order valence-corrected chi connectivity index (χ2v) is 4.45. The molecule has 1 aromatic carbocycles. The molecule has 1 N–H and O–H groups in total. The van der Waals surface area contributed by atoms with Gasteiger partial charge in [-0.05, 0) is 23.7 Å². The van der Waals surface area contributed by atoms with Crippen LogP contribution in [-0.2, 0) is 0 Å². The van der Waals surface area contributed by atoms with Crippen LogP contribution in [0.1, 0.15) is 10.4 Å². The Morgan fingerprint density at radius 1 is 1.31 bits per heavy atom. The highest BCUT2D eigenvalue weighted by molar-refractivity contribution is 7.04. The highest BCUT2D eigenvalue weighted by Gasteiger charge is 2.15. The molecule has 16 heavy (non-hydrogen) atoms. The van der Waals surface area contributed by atoms with E-state index in [0.717, 1.165) is 11.5 Å². The van der Waals surface area contributed by atoms with Crippen LogP contribution in [0.2, 0.25) is 10.0 Å². The zero-order valence-electron chi connectivity index (χ0n) is 7.78. The normalized spacial score (nSPS) is 10.4. The van der Waals surface area contributed by atoms with Crippen molar-refractivity contribution in [3.8, 4) is 11.3 Å². The van der Waals surface area contributed by atoms with E-state index in [1.807, 2.05) is 0 Å². The van der Waals surface area contributed by atoms with Crippen molar-refractivity contribution >= 4 is 40.7 Å². The van der Waals surface area contributed by atoms with Crippen molar-refractivity contribution in [1.29, 1.82) is 0 Å². The summed E-state index contributed by atoms with van der Waals surface area (Å²) in [5, 5.41) is 11.2. The minimum atomic E-state index is -1.00. The number of hydrogen-bond donors (Lipinski definition) is 1. The first-order chi connectivity index (χ1) is 7.59. The summed E-state index contributed by atoms with van der Waals surface area (Å²) in [7, 11) is 0. The van der Waals surface area contributed by atoms with Gasteiger partial charge in [-0.1, -0.05) is 29.3 Å². The van der Waals surface area contributed by atoms with Crippen LogP contribution in [0, 0.1) is 0 Å². The lowest BCUT2D eigenvalue weighted by molar-refractivity contribution is 0.0698. The molecule has 0 aliphatic heterocycles. The van der Waals surface area contributed by atoms with Gasteiger partial charge < -0.3 is 5.11 Å². The van der Waals surface area contributed by atoms with E-state index in [4.69, 9.17) is 28.3 Å². The van der Waals surface area contributed by atoms with Gasteiger partial charge in [0.25, 0.3) is 0 Å². The van der Waals surface area contributed by atoms with Crippen molar-refractivity contribution in [2.75, 3.05) is 0 Å². The molecule has 0 aliphatic rings. The molecule has 0 radical (unpaired) electrons. The molecule has 0 saturated heterocycles. The predicted molar refractivity (Wildman–Crippen MR) is 64.5 cm³/mol. The maximum absolute atomic E-state index is 10.9. The fourth-order valence-electron chi connectivity index (χ4n) is 1.24. The molecule has 2 rings (SSSR count). The predicted octanol–water partition coefficient (Wildman–Crippen LogP) is 3.82. The van der Waals surface area contributed by atoms with E-state index < -0.39 is 5.97 Å². The molecule has 0 saturated carbocycles. The second-order valence-electron chi connectivity index (χ2n) is 3.01. The van der Waals surface area contributed by atoms with E-state index in [2.05, 4.69) is 4.37 Å². The molecule has 0 atom stereocenters. The third-order valence-corrected chi connectivity index (χ3v) is 3.36. The first-order valence-electron chi connectivity index (χ1n) is 4.22. The quantitative estimate of drug-likeness (QED) is 0.905. The third-order valence-electron chi connectivity index (χ3n) is 1.99. The van der Waals surface area contributed by atoms with Crippen LogP contribution in [0.15, 0.2) is 23.6 Å². The summed E-state index contributed by atoms with van der Waals surface area (Å²) in [5.74, 6) is -1.00. The first kappa shape index (κ1) is 11.4. The average Bonchev–Trinajstić information content (AvgIpc) is 2.71. The Kier molecular flexibility index (Phi) is 3.14. The number of carboxylic acid groups (broad SMARTS) is 1. The molecule has 2 aromatic rings. The molecule has 6 heteroatoms. The highest BCUT2D eigenvalue weighted by Crippen LogP contribution is 2.30. The Morgan fingerprint density at radius 3 is 2.69 bits per heavy atom. The van der Waals surface area contributed by atoms with Crippen molar-refractivity contribution in [2.24, 2.45) is 0 Å². The number of aromatic nitrogens is 1. The van der Waals surface area contributed by atoms with E-state index in [1.54, 1.807) is 18.2 Å². The van der Waals surface area contributed by atoms with Crippen molar-refractivity contribution in [3.63, 3.8) is 0 Å². The number of carboxylic acids is 1. The Balaban J connectivity index is 2.54. The van der Waals surface area contributed by atoms with Crippen LogP contribution in [0.5, 0.6) is 0 Å². The molecule has 1 aromatic heterocycles. The van der Waals surface area contributed by atoms with Crippen molar-refractivity contribution in [1.82, 2.24) is 4.37 Å². The summed E-state index contributed by atoms with van der Waals surface area (Å²) in [5.41, 5.74) is 1.23. The monoisotopic (exact) mass is 273 g/mol. The lowest BCUT2D eigenvalue weighted by Crippen LogP contribution is -1.96. The molecule has 0 amide bonds.